The average molecular weight is 280 g/mol. The lowest BCUT2D eigenvalue weighted by molar-refractivity contribution is -0.127. The average Bonchev–Trinajstić information content (AvgIpc) is 2.46. The first kappa shape index (κ1) is 15.6. The zero-order chi connectivity index (χ0) is 15.1. The van der Waals surface area contributed by atoms with Crippen LogP contribution in [0.25, 0.3) is 0 Å². The fourth-order valence-corrected chi connectivity index (χ4v) is 1.30. The number of aliphatic hydroxyl groups excluding tert-OH is 1. The molecule has 0 aliphatic heterocycles. The summed E-state index contributed by atoms with van der Waals surface area (Å²) in [5.74, 6) is -1.40. The molecule has 0 bridgehead atoms. The maximum Gasteiger partial charge on any atom is 0.338 e. The summed E-state index contributed by atoms with van der Waals surface area (Å²) in [5.41, 5.74) is 0.911. The third kappa shape index (κ3) is 4.36. The molecule has 1 rings (SSSR count). The van der Waals surface area contributed by atoms with Gasteiger partial charge in [0, 0.05) is 7.05 Å². The first-order valence-corrected chi connectivity index (χ1v) is 5.91. The third-order valence-electron chi connectivity index (χ3n) is 2.49. The maximum absolute atomic E-state index is 11.7. The van der Waals surface area contributed by atoms with Crippen molar-refractivity contribution in [3.05, 3.63) is 35.4 Å². The van der Waals surface area contributed by atoms with E-state index in [2.05, 4.69) is 5.32 Å². The van der Waals surface area contributed by atoms with E-state index in [1.165, 1.54) is 26.1 Å². The minimum absolute atomic E-state index is 0.125. The van der Waals surface area contributed by atoms with Crippen molar-refractivity contribution in [1.82, 2.24) is 10.6 Å². The fraction of sp³-hybridized carbons (Fsp3) is 0.308. The SMILES string of the molecule is CNC(=O)NC(=O)[C@@H](C)OC(=O)c1ccc(CO)cc1. The van der Waals surface area contributed by atoms with Crippen LogP contribution in [-0.4, -0.2) is 36.2 Å². The van der Waals surface area contributed by atoms with E-state index in [0.717, 1.165) is 0 Å². The van der Waals surface area contributed by atoms with Crippen LogP contribution in [-0.2, 0) is 16.1 Å². The van der Waals surface area contributed by atoms with Crippen LogP contribution in [0.15, 0.2) is 24.3 Å². The monoisotopic (exact) mass is 280 g/mol. The number of rotatable bonds is 4. The van der Waals surface area contributed by atoms with E-state index in [1.807, 2.05) is 5.32 Å². The standard InChI is InChI=1S/C13H16N2O5/c1-8(11(17)15-13(19)14-2)20-12(18)10-5-3-9(7-16)4-6-10/h3-6,8,16H,7H2,1-2H3,(H2,14,15,17,19)/t8-/m1/s1. The smallest absolute Gasteiger partial charge is 0.338 e. The number of nitrogens with one attached hydrogen (secondary N) is 2. The maximum atomic E-state index is 11.7. The Morgan fingerprint density at radius 2 is 1.85 bits per heavy atom. The molecular formula is C13H16N2O5. The van der Waals surface area contributed by atoms with Gasteiger partial charge < -0.3 is 15.2 Å². The molecule has 1 atom stereocenters. The molecule has 0 fully saturated rings. The minimum Gasteiger partial charge on any atom is -0.449 e. The van der Waals surface area contributed by atoms with E-state index >= 15 is 0 Å². The lowest BCUT2D eigenvalue weighted by Crippen LogP contribution is -2.43. The van der Waals surface area contributed by atoms with Crippen LogP contribution in [0.1, 0.15) is 22.8 Å². The fourth-order valence-electron chi connectivity index (χ4n) is 1.30. The highest BCUT2D eigenvalue weighted by molar-refractivity contribution is 5.98. The lowest BCUT2D eigenvalue weighted by Gasteiger charge is -2.12. The molecule has 3 amide bonds. The van der Waals surface area contributed by atoms with Gasteiger partial charge in [0.05, 0.1) is 12.2 Å². The number of carbonyl (C=O) groups is 3. The van der Waals surface area contributed by atoms with Gasteiger partial charge >= 0.3 is 12.0 Å². The van der Waals surface area contributed by atoms with Gasteiger partial charge in [-0.3, -0.25) is 10.1 Å². The van der Waals surface area contributed by atoms with Crippen molar-refractivity contribution < 1.29 is 24.2 Å². The summed E-state index contributed by atoms with van der Waals surface area (Å²) in [6.07, 6.45) is -1.10. The quantitative estimate of drug-likeness (QED) is 0.682. The largest absolute Gasteiger partial charge is 0.449 e. The first-order chi connectivity index (χ1) is 9.47. The highest BCUT2D eigenvalue weighted by Gasteiger charge is 2.20. The summed E-state index contributed by atoms with van der Waals surface area (Å²) in [6, 6.07) is 5.44. The van der Waals surface area contributed by atoms with Crippen LogP contribution in [0.5, 0.6) is 0 Å². The van der Waals surface area contributed by atoms with Gasteiger partial charge in [-0.2, -0.15) is 0 Å². The molecule has 0 aromatic heterocycles. The molecule has 0 saturated heterocycles. The van der Waals surface area contributed by atoms with Crippen molar-refractivity contribution in [2.75, 3.05) is 7.05 Å². The van der Waals surface area contributed by atoms with E-state index in [-0.39, 0.29) is 12.2 Å². The number of hydrogen-bond donors (Lipinski definition) is 3. The van der Waals surface area contributed by atoms with Gasteiger partial charge in [0.25, 0.3) is 5.91 Å². The van der Waals surface area contributed by atoms with Gasteiger partial charge in [0.15, 0.2) is 6.10 Å². The number of aliphatic hydroxyl groups is 1. The van der Waals surface area contributed by atoms with Crippen molar-refractivity contribution in [2.45, 2.75) is 19.6 Å². The van der Waals surface area contributed by atoms with Crippen LogP contribution in [0.4, 0.5) is 4.79 Å². The Morgan fingerprint density at radius 1 is 1.25 bits per heavy atom. The van der Waals surface area contributed by atoms with Crippen molar-refractivity contribution >= 4 is 17.9 Å². The molecule has 0 aliphatic rings. The van der Waals surface area contributed by atoms with E-state index in [9.17, 15) is 14.4 Å². The van der Waals surface area contributed by atoms with E-state index in [4.69, 9.17) is 9.84 Å². The molecule has 1 aromatic carbocycles. The second-order valence-corrected chi connectivity index (χ2v) is 3.97. The lowest BCUT2D eigenvalue weighted by atomic mass is 10.1. The molecule has 108 valence electrons. The van der Waals surface area contributed by atoms with E-state index in [1.54, 1.807) is 12.1 Å². The summed E-state index contributed by atoms with van der Waals surface area (Å²) in [5, 5.41) is 13.1. The summed E-state index contributed by atoms with van der Waals surface area (Å²) in [6.45, 7) is 1.23. The van der Waals surface area contributed by atoms with Crippen LogP contribution in [0.2, 0.25) is 0 Å². The number of benzene rings is 1. The number of carbonyl (C=O) groups excluding carboxylic acids is 3. The number of urea groups is 1. The Balaban J connectivity index is 2.60. The third-order valence-corrected chi connectivity index (χ3v) is 2.49. The topological polar surface area (TPSA) is 105 Å². The zero-order valence-corrected chi connectivity index (χ0v) is 11.2. The van der Waals surface area contributed by atoms with Crippen LogP contribution in [0.3, 0.4) is 0 Å². The molecule has 0 spiro atoms. The normalized spacial score (nSPS) is 11.3. The first-order valence-electron chi connectivity index (χ1n) is 5.91. The minimum atomic E-state index is -1.10. The Kier molecular flexibility index (Phi) is 5.67. The van der Waals surface area contributed by atoms with Crippen molar-refractivity contribution in [1.29, 1.82) is 0 Å². The Bertz CT molecular complexity index is 498. The highest BCUT2D eigenvalue weighted by Crippen LogP contribution is 2.07. The molecule has 1 aromatic rings. The number of imide groups is 1. The molecule has 7 heteroatoms. The molecule has 3 N–H and O–H groups in total. The summed E-state index contributed by atoms with van der Waals surface area (Å²) in [7, 11) is 1.36. The summed E-state index contributed by atoms with van der Waals surface area (Å²) >= 11 is 0. The van der Waals surface area contributed by atoms with E-state index < -0.39 is 24.0 Å². The Hall–Kier alpha value is -2.41. The molecule has 0 radical (unpaired) electrons. The number of amides is 3. The van der Waals surface area contributed by atoms with Gasteiger partial charge in [-0.1, -0.05) is 12.1 Å². The van der Waals surface area contributed by atoms with Crippen molar-refractivity contribution in [2.24, 2.45) is 0 Å². The van der Waals surface area contributed by atoms with Crippen LogP contribution in [0, 0.1) is 0 Å². The summed E-state index contributed by atoms with van der Waals surface area (Å²) < 4.78 is 4.92. The zero-order valence-electron chi connectivity index (χ0n) is 11.2. The number of ether oxygens (including phenoxy) is 1. The van der Waals surface area contributed by atoms with E-state index in [0.29, 0.717) is 5.56 Å². The second-order valence-electron chi connectivity index (χ2n) is 3.97. The van der Waals surface area contributed by atoms with Gasteiger partial charge in [0.1, 0.15) is 0 Å². The molecule has 0 unspecified atom stereocenters. The molecule has 0 aliphatic carbocycles. The Morgan fingerprint density at radius 3 is 2.35 bits per heavy atom. The predicted molar refractivity (Wildman–Crippen MR) is 69.8 cm³/mol. The van der Waals surface area contributed by atoms with Crippen molar-refractivity contribution in [3.63, 3.8) is 0 Å². The van der Waals surface area contributed by atoms with Gasteiger partial charge in [-0.05, 0) is 24.6 Å². The molecule has 0 heterocycles. The number of hydrogen-bond acceptors (Lipinski definition) is 5. The van der Waals surface area contributed by atoms with Gasteiger partial charge in [0.2, 0.25) is 0 Å². The van der Waals surface area contributed by atoms with Gasteiger partial charge in [-0.15, -0.1) is 0 Å². The van der Waals surface area contributed by atoms with Crippen molar-refractivity contribution in [3.8, 4) is 0 Å². The Labute approximate surface area is 115 Å². The van der Waals surface area contributed by atoms with Crippen LogP contribution >= 0.6 is 0 Å². The van der Waals surface area contributed by atoms with Gasteiger partial charge in [-0.25, -0.2) is 9.59 Å². The summed E-state index contributed by atoms with van der Waals surface area (Å²) in [4.78, 5) is 34.2. The molecular weight excluding hydrogens is 264 g/mol. The second kappa shape index (κ2) is 7.25. The highest BCUT2D eigenvalue weighted by atomic mass is 16.5. The number of esters is 1. The molecule has 7 nitrogen and oxygen atoms in total. The molecule has 0 saturated carbocycles. The predicted octanol–water partition coefficient (Wildman–Crippen LogP) is 0.180. The van der Waals surface area contributed by atoms with Crippen LogP contribution < -0.4 is 10.6 Å². The molecule has 20 heavy (non-hydrogen) atoms.